The van der Waals surface area contributed by atoms with E-state index in [1.807, 2.05) is 25.5 Å². The van der Waals surface area contributed by atoms with Crippen LogP contribution in [0.4, 0.5) is 33.6 Å². The minimum atomic E-state index is -4.66. The van der Waals surface area contributed by atoms with Crippen molar-refractivity contribution < 1.29 is 30.4 Å². The monoisotopic (exact) mass is 586 g/mol. The number of sulfonamides is 1. The molecule has 2 atom stereocenters. The van der Waals surface area contributed by atoms with Crippen LogP contribution in [0.3, 0.4) is 0 Å². The summed E-state index contributed by atoms with van der Waals surface area (Å²) < 4.78 is 91.4. The lowest BCUT2D eigenvalue weighted by Crippen LogP contribution is -2.49. The fourth-order valence-electron chi connectivity index (χ4n) is 4.60. The highest BCUT2D eigenvalue weighted by Gasteiger charge is 2.33. The van der Waals surface area contributed by atoms with Gasteiger partial charge in [0.15, 0.2) is 0 Å². The second-order valence-electron chi connectivity index (χ2n) is 10.8. The van der Waals surface area contributed by atoms with Crippen LogP contribution < -0.4 is 15.4 Å². The number of halogens is 5. The predicted molar refractivity (Wildman–Crippen MR) is 144 cm³/mol. The van der Waals surface area contributed by atoms with Crippen molar-refractivity contribution in [3.8, 4) is 11.3 Å². The number of hydrogen-bond acceptors (Lipinski definition) is 7. The Hall–Kier alpha value is -3.13. The molecular weight excluding hydrogens is 555 g/mol. The molecule has 0 unspecified atom stereocenters. The third kappa shape index (κ3) is 7.33. The molecular formula is C26H31F5N6O2S. The van der Waals surface area contributed by atoms with Gasteiger partial charge in [0.1, 0.15) is 11.3 Å². The molecule has 40 heavy (non-hydrogen) atoms. The molecule has 1 fully saturated rings. The number of anilines is 2. The summed E-state index contributed by atoms with van der Waals surface area (Å²) in [4.78, 5) is 13.6. The van der Waals surface area contributed by atoms with E-state index in [1.165, 1.54) is 6.07 Å². The van der Waals surface area contributed by atoms with Gasteiger partial charge in [0.05, 0.1) is 41.9 Å². The van der Waals surface area contributed by atoms with Crippen molar-refractivity contribution in [1.29, 1.82) is 0 Å². The number of piperidine rings is 1. The van der Waals surface area contributed by atoms with Gasteiger partial charge in [0.25, 0.3) is 0 Å². The molecule has 1 saturated heterocycles. The first kappa shape index (κ1) is 29.8. The average Bonchev–Trinajstić information content (AvgIpc) is 2.87. The molecule has 1 aliphatic rings. The Kier molecular flexibility index (Phi) is 8.50. The minimum absolute atomic E-state index is 0.00254. The maximum atomic E-state index is 14.8. The van der Waals surface area contributed by atoms with E-state index in [0.717, 1.165) is 17.7 Å². The first-order valence-corrected chi connectivity index (χ1v) is 14.4. The number of rotatable bonds is 9. The highest BCUT2D eigenvalue weighted by Crippen LogP contribution is 2.32. The maximum absolute atomic E-state index is 14.8. The van der Waals surface area contributed by atoms with Gasteiger partial charge in [-0.1, -0.05) is 26.8 Å². The van der Waals surface area contributed by atoms with Crippen LogP contribution in [0.2, 0.25) is 0 Å². The topological polar surface area (TPSA) is 109 Å². The number of fused-ring (bicyclic) bond motifs is 1. The number of hydrogen-bond donors (Lipinski definition) is 3. The van der Waals surface area contributed by atoms with Crippen LogP contribution >= 0.6 is 0 Å². The molecule has 3 N–H and O–H groups in total. The highest BCUT2D eigenvalue weighted by atomic mass is 32.2. The van der Waals surface area contributed by atoms with Crippen molar-refractivity contribution >= 4 is 32.7 Å². The second-order valence-corrected chi connectivity index (χ2v) is 12.6. The smallest absolute Gasteiger partial charge is 0.350 e. The zero-order valence-electron chi connectivity index (χ0n) is 22.2. The molecule has 218 valence electrons. The van der Waals surface area contributed by atoms with Crippen molar-refractivity contribution in [2.75, 3.05) is 35.6 Å². The predicted octanol–water partition coefficient (Wildman–Crippen LogP) is 5.40. The Balaban J connectivity index is 1.59. The summed E-state index contributed by atoms with van der Waals surface area (Å²) in [6, 6.07) is 5.33. The summed E-state index contributed by atoms with van der Waals surface area (Å²) in [6.45, 7) is 6.61. The van der Waals surface area contributed by atoms with Crippen LogP contribution in [0.1, 0.15) is 45.1 Å². The van der Waals surface area contributed by atoms with Gasteiger partial charge < -0.3 is 10.6 Å². The van der Waals surface area contributed by atoms with E-state index in [4.69, 9.17) is 0 Å². The molecule has 1 aliphatic heterocycles. The number of benzene rings is 1. The van der Waals surface area contributed by atoms with Crippen LogP contribution in [-0.2, 0) is 10.0 Å². The first-order chi connectivity index (χ1) is 18.7. The quantitative estimate of drug-likeness (QED) is 0.288. The lowest BCUT2D eigenvalue weighted by molar-refractivity contribution is -0.129. The molecule has 8 nitrogen and oxygen atoms in total. The molecule has 0 radical (unpaired) electrons. The summed E-state index contributed by atoms with van der Waals surface area (Å²) in [6.07, 6.45) is -4.04. The van der Waals surface area contributed by atoms with Crippen LogP contribution in [0, 0.1) is 11.2 Å². The molecule has 0 spiro atoms. The van der Waals surface area contributed by atoms with Crippen molar-refractivity contribution in [1.82, 2.24) is 20.3 Å². The summed E-state index contributed by atoms with van der Waals surface area (Å²) in [5.74, 6) is -1.79. The van der Waals surface area contributed by atoms with Crippen molar-refractivity contribution in [2.45, 2.75) is 51.7 Å². The third-order valence-electron chi connectivity index (χ3n) is 6.72. The van der Waals surface area contributed by atoms with Gasteiger partial charge in [-0.2, -0.15) is 13.2 Å². The highest BCUT2D eigenvalue weighted by molar-refractivity contribution is 7.92. The first-order valence-electron chi connectivity index (χ1n) is 12.7. The molecule has 1 aromatic carbocycles. The Morgan fingerprint density at radius 1 is 1.20 bits per heavy atom. The van der Waals surface area contributed by atoms with Crippen molar-refractivity contribution in [3.05, 3.63) is 41.8 Å². The minimum Gasteiger partial charge on any atom is -0.350 e. The van der Waals surface area contributed by atoms with E-state index < -0.39 is 52.0 Å². The third-order valence-corrected chi connectivity index (χ3v) is 7.99. The summed E-state index contributed by atoms with van der Waals surface area (Å²) >= 11 is 0. The molecule has 3 aromatic rings. The van der Waals surface area contributed by atoms with Crippen LogP contribution in [0.25, 0.3) is 22.3 Å². The zero-order chi connectivity index (χ0) is 29.3. The number of nitrogens with zero attached hydrogens (tertiary/aromatic N) is 3. The van der Waals surface area contributed by atoms with Crippen LogP contribution in [0.15, 0.2) is 30.5 Å². The second kappa shape index (κ2) is 11.4. The Labute approximate surface area is 229 Å². The molecule has 14 heteroatoms. The van der Waals surface area contributed by atoms with Crippen molar-refractivity contribution in [2.24, 2.45) is 5.41 Å². The lowest BCUT2D eigenvalue weighted by atomic mass is 9.82. The molecule has 0 aliphatic carbocycles. The van der Waals surface area contributed by atoms with Gasteiger partial charge >= 0.3 is 6.18 Å². The molecule has 0 bridgehead atoms. The molecule has 3 heterocycles. The van der Waals surface area contributed by atoms with Crippen LogP contribution in [-0.4, -0.2) is 61.1 Å². The number of aromatic nitrogens is 3. The van der Waals surface area contributed by atoms with Crippen LogP contribution in [0.5, 0.6) is 0 Å². The van der Waals surface area contributed by atoms with Gasteiger partial charge in [-0.05, 0) is 36.1 Å². The number of alkyl halides is 4. The van der Waals surface area contributed by atoms with Gasteiger partial charge in [-0.15, -0.1) is 0 Å². The Morgan fingerprint density at radius 2 is 1.95 bits per heavy atom. The zero-order valence-corrected chi connectivity index (χ0v) is 23.1. The van der Waals surface area contributed by atoms with Gasteiger partial charge in [-0.3, -0.25) is 9.11 Å². The van der Waals surface area contributed by atoms with E-state index in [-0.39, 0.29) is 12.0 Å². The number of pyridine rings is 1. The molecule has 2 aromatic heterocycles. The van der Waals surface area contributed by atoms with E-state index >= 15 is 0 Å². The standard InChI is InChI=1S/C26H31F5N6O2S/c1-15(2)18-9-21(16-4-5-20(19(28)8-16)37-40(38,39)7-6-26(29,30)31)35-22-12-33-24(36-23(18)22)34-17-10-25(3,13-27)14-32-11-17/h4-5,8-9,12,15,17,32,37H,6-7,10-11,13-14H2,1-3H3,(H,33,34,36)/t17-,25+/m0/s1. The normalized spacial score (nSPS) is 20.2. The summed E-state index contributed by atoms with van der Waals surface area (Å²) in [5, 5.41) is 6.52. The van der Waals surface area contributed by atoms with E-state index in [1.54, 1.807) is 12.3 Å². The summed E-state index contributed by atoms with van der Waals surface area (Å²) in [7, 11) is -4.41. The van der Waals surface area contributed by atoms with Gasteiger partial charge in [0.2, 0.25) is 16.0 Å². The molecule has 4 rings (SSSR count). The fourth-order valence-corrected chi connectivity index (χ4v) is 5.71. The SMILES string of the molecule is CC(C)c1cc(-c2ccc(NS(=O)(=O)CCC(F)(F)F)c(F)c2)nc2cnc(N[C@@H]3CNC[C@@](C)(CF)C3)nc12. The Bertz CT molecular complexity index is 1480. The molecule has 0 amide bonds. The van der Waals surface area contributed by atoms with E-state index in [0.29, 0.717) is 47.7 Å². The number of nitrogens with one attached hydrogen (secondary N) is 3. The largest absolute Gasteiger partial charge is 0.390 e. The van der Waals surface area contributed by atoms with Crippen molar-refractivity contribution in [3.63, 3.8) is 0 Å². The van der Waals surface area contributed by atoms with E-state index in [9.17, 15) is 30.4 Å². The lowest BCUT2D eigenvalue weighted by Gasteiger charge is -2.37. The average molecular weight is 587 g/mol. The maximum Gasteiger partial charge on any atom is 0.390 e. The Morgan fingerprint density at radius 3 is 2.60 bits per heavy atom. The van der Waals surface area contributed by atoms with Gasteiger partial charge in [0, 0.05) is 30.1 Å². The fraction of sp³-hybridized carbons (Fsp3) is 0.500. The van der Waals surface area contributed by atoms with E-state index in [2.05, 4.69) is 25.6 Å². The van der Waals surface area contributed by atoms with Gasteiger partial charge in [-0.25, -0.2) is 27.8 Å². The molecule has 0 saturated carbocycles. The summed E-state index contributed by atoms with van der Waals surface area (Å²) in [5.41, 5.74) is 1.66.